The molecule has 0 aliphatic carbocycles. The first kappa shape index (κ1) is 14.7. The highest BCUT2D eigenvalue weighted by Gasteiger charge is 2.16. The SMILES string of the molecule is O=c1oc2c(-c3ccc(F)cc3)cc(OS(=O)(=O)F)cc2s1. The van der Waals surface area contributed by atoms with Gasteiger partial charge in [0.05, 0.1) is 4.70 Å². The summed E-state index contributed by atoms with van der Waals surface area (Å²) < 4.78 is 56.4. The molecule has 0 saturated carbocycles. The molecule has 0 fully saturated rings. The van der Waals surface area contributed by atoms with E-state index in [0.29, 0.717) is 16.9 Å². The van der Waals surface area contributed by atoms with Crippen molar-refractivity contribution in [2.75, 3.05) is 0 Å². The van der Waals surface area contributed by atoms with Gasteiger partial charge in [-0.25, -0.2) is 9.18 Å². The van der Waals surface area contributed by atoms with E-state index >= 15 is 0 Å². The van der Waals surface area contributed by atoms with Crippen molar-refractivity contribution in [3.63, 3.8) is 0 Å². The number of halogens is 2. The van der Waals surface area contributed by atoms with Gasteiger partial charge in [-0.3, -0.25) is 0 Å². The van der Waals surface area contributed by atoms with Crippen LogP contribution in [0.25, 0.3) is 21.4 Å². The Morgan fingerprint density at radius 1 is 1.14 bits per heavy atom. The van der Waals surface area contributed by atoms with E-state index in [4.69, 9.17) is 4.42 Å². The molecular formula is C13H6F2O5S2. The number of hydrogen-bond acceptors (Lipinski definition) is 6. The molecule has 0 radical (unpaired) electrons. The molecule has 0 aliphatic heterocycles. The van der Waals surface area contributed by atoms with Crippen LogP contribution in [0, 0.1) is 5.82 Å². The number of hydrogen-bond donors (Lipinski definition) is 0. The van der Waals surface area contributed by atoms with E-state index in [2.05, 4.69) is 4.18 Å². The highest BCUT2D eigenvalue weighted by molar-refractivity contribution is 7.81. The maximum absolute atomic E-state index is 13.0. The Bertz CT molecular complexity index is 1000. The number of fused-ring (bicyclic) bond motifs is 1. The van der Waals surface area contributed by atoms with Crippen LogP contribution in [0.2, 0.25) is 0 Å². The fourth-order valence-corrected chi connectivity index (χ4v) is 3.01. The minimum absolute atomic E-state index is 0.185. The molecule has 9 heteroatoms. The van der Waals surface area contributed by atoms with Crippen LogP contribution in [0.1, 0.15) is 0 Å². The number of benzene rings is 2. The fourth-order valence-electron chi connectivity index (χ4n) is 1.96. The minimum Gasteiger partial charge on any atom is -0.413 e. The predicted octanol–water partition coefficient (Wildman–Crippen LogP) is 3.25. The van der Waals surface area contributed by atoms with E-state index in [-0.39, 0.29) is 21.6 Å². The zero-order valence-electron chi connectivity index (χ0n) is 10.6. The first-order valence-electron chi connectivity index (χ1n) is 5.79. The van der Waals surface area contributed by atoms with Crippen LogP contribution in [0.4, 0.5) is 8.28 Å². The van der Waals surface area contributed by atoms with Gasteiger partial charge in [-0.05, 0) is 23.8 Å². The molecule has 0 saturated heterocycles. The molecule has 114 valence electrons. The fraction of sp³-hybridized carbons (Fsp3) is 0. The summed E-state index contributed by atoms with van der Waals surface area (Å²) in [5.41, 5.74) is 0.925. The molecule has 3 rings (SSSR count). The highest BCUT2D eigenvalue weighted by atomic mass is 32.3. The largest absolute Gasteiger partial charge is 0.488 e. The van der Waals surface area contributed by atoms with Gasteiger partial charge in [-0.1, -0.05) is 27.4 Å². The summed E-state index contributed by atoms with van der Waals surface area (Å²) in [7, 11) is -5.21. The van der Waals surface area contributed by atoms with Gasteiger partial charge in [0.2, 0.25) is 0 Å². The maximum atomic E-state index is 13.0. The van der Waals surface area contributed by atoms with Crippen molar-refractivity contribution in [3.8, 4) is 16.9 Å². The van der Waals surface area contributed by atoms with Gasteiger partial charge < -0.3 is 8.60 Å². The summed E-state index contributed by atoms with van der Waals surface area (Å²) in [6.45, 7) is 0. The Hall–Kier alpha value is -2.26. The van der Waals surface area contributed by atoms with Gasteiger partial charge in [0.15, 0.2) is 5.58 Å². The summed E-state index contributed by atoms with van der Waals surface area (Å²) in [6, 6.07) is 7.57. The monoisotopic (exact) mass is 344 g/mol. The smallest absolute Gasteiger partial charge is 0.413 e. The molecule has 0 spiro atoms. The second-order valence-electron chi connectivity index (χ2n) is 4.24. The molecular weight excluding hydrogens is 338 g/mol. The number of rotatable bonds is 3. The molecule has 22 heavy (non-hydrogen) atoms. The normalized spacial score (nSPS) is 11.7. The predicted molar refractivity (Wildman–Crippen MR) is 76.4 cm³/mol. The quantitative estimate of drug-likeness (QED) is 0.682. The molecule has 0 atom stereocenters. The van der Waals surface area contributed by atoms with Crippen molar-refractivity contribution in [3.05, 3.63) is 51.9 Å². The van der Waals surface area contributed by atoms with Gasteiger partial charge in [0, 0.05) is 11.6 Å². The topological polar surface area (TPSA) is 73.6 Å². The van der Waals surface area contributed by atoms with Crippen LogP contribution < -0.4 is 9.12 Å². The molecule has 0 aliphatic rings. The lowest BCUT2D eigenvalue weighted by Gasteiger charge is -2.05. The second kappa shape index (κ2) is 5.18. The first-order valence-corrected chi connectivity index (χ1v) is 7.92. The standard InChI is InChI=1S/C13H6F2O5S2/c14-8-3-1-7(2-4-8)10-5-9(20-22(15,17)18)6-11-12(10)19-13(16)21-11/h1-6H. The third-order valence-electron chi connectivity index (χ3n) is 2.76. The molecule has 2 aromatic carbocycles. The van der Waals surface area contributed by atoms with Crippen molar-refractivity contribution in [2.45, 2.75) is 0 Å². The summed E-state index contributed by atoms with van der Waals surface area (Å²) in [5, 5.41) is 0. The molecule has 1 heterocycles. The van der Waals surface area contributed by atoms with Crippen LogP contribution in [-0.2, 0) is 10.5 Å². The summed E-state index contributed by atoms with van der Waals surface area (Å²) >= 11 is 0.711. The van der Waals surface area contributed by atoms with Crippen molar-refractivity contribution in [1.29, 1.82) is 0 Å². The average Bonchev–Trinajstić information content (AvgIpc) is 2.77. The van der Waals surface area contributed by atoms with E-state index in [0.717, 1.165) is 0 Å². The van der Waals surface area contributed by atoms with E-state index < -0.39 is 21.3 Å². The lowest BCUT2D eigenvalue weighted by atomic mass is 10.0. The maximum Gasteiger partial charge on any atom is 0.488 e. The third-order valence-corrected chi connectivity index (χ3v) is 3.92. The zero-order valence-corrected chi connectivity index (χ0v) is 12.2. The Balaban J connectivity index is 2.26. The van der Waals surface area contributed by atoms with Crippen LogP contribution in [-0.4, -0.2) is 8.42 Å². The van der Waals surface area contributed by atoms with Crippen LogP contribution in [0.5, 0.6) is 5.75 Å². The van der Waals surface area contributed by atoms with Gasteiger partial charge in [-0.2, -0.15) is 8.42 Å². The van der Waals surface area contributed by atoms with E-state index in [9.17, 15) is 21.5 Å². The Morgan fingerprint density at radius 2 is 1.82 bits per heavy atom. The van der Waals surface area contributed by atoms with Crippen LogP contribution in [0.15, 0.2) is 45.6 Å². The molecule has 0 amide bonds. The summed E-state index contributed by atoms with van der Waals surface area (Å²) in [6.07, 6.45) is 0. The van der Waals surface area contributed by atoms with Crippen molar-refractivity contribution in [1.82, 2.24) is 0 Å². The summed E-state index contributed by atoms with van der Waals surface area (Å²) in [4.78, 5) is 10.8. The van der Waals surface area contributed by atoms with E-state index in [1.54, 1.807) is 0 Å². The Labute approximate surface area is 126 Å². The van der Waals surface area contributed by atoms with Crippen molar-refractivity contribution in [2.24, 2.45) is 0 Å². The van der Waals surface area contributed by atoms with Crippen molar-refractivity contribution < 1.29 is 25.3 Å². The average molecular weight is 344 g/mol. The Kier molecular flexibility index (Phi) is 3.45. The molecule has 0 bridgehead atoms. The molecule has 5 nitrogen and oxygen atoms in total. The molecule has 0 unspecified atom stereocenters. The van der Waals surface area contributed by atoms with E-state index in [1.807, 2.05) is 0 Å². The van der Waals surface area contributed by atoms with Gasteiger partial charge in [0.25, 0.3) is 0 Å². The first-order chi connectivity index (χ1) is 10.3. The molecule has 0 N–H and O–H groups in total. The highest BCUT2D eigenvalue weighted by Crippen LogP contribution is 2.35. The van der Waals surface area contributed by atoms with Crippen LogP contribution >= 0.6 is 11.3 Å². The van der Waals surface area contributed by atoms with Gasteiger partial charge >= 0.3 is 15.4 Å². The van der Waals surface area contributed by atoms with E-state index in [1.165, 1.54) is 36.4 Å². The second-order valence-corrected chi connectivity index (χ2v) is 6.17. The van der Waals surface area contributed by atoms with Gasteiger partial charge in [-0.15, -0.1) is 0 Å². The minimum atomic E-state index is -5.21. The van der Waals surface area contributed by atoms with Crippen molar-refractivity contribution >= 4 is 32.1 Å². The lowest BCUT2D eigenvalue weighted by molar-refractivity contribution is 0.440. The molecule has 3 aromatic rings. The van der Waals surface area contributed by atoms with Gasteiger partial charge in [0.1, 0.15) is 11.6 Å². The zero-order chi connectivity index (χ0) is 15.9. The lowest BCUT2D eigenvalue weighted by Crippen LogP contribution is -2.01. The Morgan fingerprint density at radius 3 is 2.45 bits per heavy atom. The summed E-state index contributed by atoms with van der Waals surface area (Å²) in [5.74, 6) is -0.781. The van der Waals surface area contributed by atoms with Crippen LogP contribution in [0.3, 0.4) is 0 Å². The molecule has 1 aromatic heterocycles. The third kappa shape index (κ3) is 3.00.